The van der Waals surface area contributed by atoms with Gasteiger partial charge in [0.2, 0.25) is 0 Å². The molecule has 0 unspecified atom stereocenters. The van der Waals surface area contributed by atoms with E-state index in [9.17, 15) is 17.6 Å². The molecule has 2 aromatic heterocycles. The zero-order valence-electron chi connectivity index (χ0n) is 18.2. The lowest BCUT2D eigenvalue weighted by Gasteiger charge is -2.34. The van der Waals surface area contributed by atoms with Crippen LogP contribution in [-0.2, 0) is 26.1 Å². The lowest BCUT2D eigenvalue weighted by Crippen LogP contribution is -2.40. The van der Waals surface area contributed by atoms with E-state index in [1.54, 1.807) is 10.9 Å². The number of hydrogen-bond acceptors (Lipinski definition) is 5. The minimum absolute atomic E-state index is 0.0800. The largest absolute Gasteiger partial charge is 0.418 e. The van der Waals surface area contributed by atoms with Gasteiger partial charge in [0.05, 0.1) is 11.3 Å². The lowest BCUT2D eigenvalue weighted by atomic mass is 10.0. The van der Waals surface area contributed by atoms with Gasteiger partial charge in [-0.05, 0) is 61.9 Å². The Bertz CT molecular complexity index is 1160. The van der Waals surface area contributed by atoms with Crippen LogP contribution in [0.15, 0.2) is 30.5 Å². The second kappa shape index (κ2) is 8.31. The Balaban J connectivity index is 1.32. The highest BCUT2D eigenvalue weighted by Crippen LogP contribution is 2.38. The molecular weight excluding hydrogens is 436 g/mol. The minimum atomic E-state index is -4.61. The summed E-state index contributed by atoms with van der Waals surface area (Å²) in [7, 11) is 1.88. The van der Waals surface area contributed by atoms with Crippen LogP contribution < -0.4 is 10.2 Å². The van der Waals surface area contributed by atoms with Crippen molar-refractivity contribution in [2.45, 2.75) is 44.3 Å². The van der Waals surface area contributed by atoms with Crippen molar-refractivity contribution in [3.63, 3.8) is 0 Å². The Morgan fingerprint density at radius 3 is 2.48 bits per heavy atom. The highest BCUT2D eigenvalue weighted by molar-refractivity contribution is 5.66. The van der Waals surface area contributed by atoms with Crippen LogP contribution in [0.4, 0.5) is 29.1 Å². The van der Waals surface area contributed by atoms with Crippen molar-refractivity contribution in [1.29, 1.82) is 0 Å². The van der Waals surface area contributed by atoms with Crippen molar-refractivity contribution in [3.8, 4) is 11.4 Å². The highest BCUT2D eigenvalue weighted by Gasteiger charge is 2.35. The molecule has 33 heavy (non-hydrogen) atoms. The number of aromatic nitrogens is 4. The standard InChI is InChI=1S/C23H24F4N6/c1-32-20(7-10-28-32)21-16-3-2-4-17(16)22(31-30-21)33-11-8-15(9-12-33)29-19-6-5-14(24)13-18(19)23(25,26)27/h5-7,10,13,15,29H,2-4,8-9,11-12H2,1H3. The predicted octanol–water partition coefficient (Wildman–Crippen LogP) is 4.60. The number of benzene rings is 1. The molecule has 6 nitrogen and oxygen atoms in total. The normalized spacial score (nSPS) is 16.8. The van der Waals surface area contributed by atoms with Crippen molar-refractivity contribution < 1.29 is 17.6 Å². The SMILES string of the molecule is Cn1nccc1-c1nnc(N2CCC(Nc3ccc(F)cc3C(F)(F)F)CC2)c2c1CCC2. The number of alkyl halides is 3. The number of piperidine rings is 1. The van der Waals surface area contributed by atoms with Gasteiger partial charge in [-0.3, -0.25) is 4.68 Å². The summed E-state index contributed by atoms with van der Waals surface area (Å²) < 4.78 is 55.1. The van der Waals surface area contributed by atoms with Crippen LogP contribution in [0.1, 0.15) is 36.0 Å². The van der Waals surface area contributed by atoms with E-state index in [-0.39, 0.29) is 11.7 Å². The highest BCUT2D eigenvalue weighted by atomic mass is 19.4. The first-order valence-corrected chi connectivity index (χ1v) is 11.1. The van der Waals surface area contributed by atoms with Crippen molar-refractivity contribution in [2.24, 2.45) is 7.05 Å². The molecule has 1 aliphatic heterocycles. The van der Waals surface area contributed by atoms with Gasteiger partial charge in [0.15, 0.2) is 5.82 Å². The fraction of sp³-hybridized carbons (Fsp3) is 0.435. The quantitative estimate of drug-likeness (QED) is 0.577. The molecule has 3 heterocycles. The van der Waals surface area contributed by atoms with E-state index < -0.39 is 17.6 Å². The molecule has 1 N–H and O–H groups in total. The zero-order valence-corrected chi connectivity index (χ0v) is 18.2. The maximum absolute atomic E-state index is 13.4. The Morgan fingerprint density at radius 1 is 1.03 bits per heavy atom. The first-order valence-electron chi connectivity index (χ1n) is 11.1. The predicted molar refractivity (Wildman–Crippen MR) is 117 cm³/mol. The fourth-order valence-electron chi connectivity index (χ4n) is 4.87. The van der Waals surface area contributed by atoms with E-state index in [0.717, 1.165) is 42.5 Å². The van der Waals surface area contributed by atoms with Gasteiger partial charge in [-0.2, -0.15) is 18.3 Å². The summed E-state index contributed by atoms with van der Waals surface area (Å²) in [6, 6.07) is 4.56. The lowest BCUT2D eigenvalue weighted by molar-refractivity contribution is -0.137. The Morgan fingerprint density at radius 2 is 1.79 bits per heavy atom. The summed E-state index contributed by atoms with van der Waals surface area (Å²) in [5.41, 5.74) is 3.19. The van der Waals surface area contributed by atoms with Gasteiger partial charge in [0, 0.05) is 43.6 Å². The van der Waals surface area contributed by atoms with E-state index in [1.165, 1.54) is 17.2 Å². The van der Waals surface area contributed by atoms with Gasteiger partial charge in [0.1, 0.15) is 11.5 Å². The average molecular weight is 460 g/mol. The summed E-state index contributed by atoms with van der Waals surface area (Å²) in [5.74, 6) is -0.0191. The molecule has 1 fully saturated rings. The molecule has 0 amide bonds. The van der Waals surface area contributed by atoms with E-state index in [4.69, 9.17) is 0 Å². The molecule has 1 saturated heterocycles. The number of halogens is 4. The van der Waals surface area contributed by atoms with E-state index in [0.29, 0.717) is 32.0 Å². The summed E-state index contributed by atoms with van der Waals surface area (Å²) in [4.78, 5) is 2.18. The van der Waals surface area contributed by atoms with Crippen LogP contribution in [0.5, 0.6) is 0 Å². The molecule has 1 aromatic carbocycles. The second-order valence-electron chi connectivity index (χ2n) is 8.62. The molecule has 1 aliphatic carbocycles. The summed E-state index contributed by atoms with van der Waals surface area (Å²) in [6.45, 7) is 1.32. The Labute approximate surface area is 188 Å². The topological polar surface area (TPSA) is 58.9 Å². The number of aryl methyl sites for hydroxylation is 1. The summed E-state index contributed by atoms with van der Waals surface area (Å²) >= 11 is 0. The molecule has 0 bridgehead atoms. The van der Waals surface area contributed by atoms with Crippen molar-refractivity contribution in [2.75, 3.05) is 23.3 Å². The van der Waals surface area contributed by atoms with Crippen LogP contribution >= 0.6 is 0 Å². The van der Waals surface area contributed by atoms with Crippen molar-refractivity contribution in [3.05, 3.63) is 53.0 Å². The first-order chi connectivity index (χ1) is 15.8. The molecule has 0 saturated carbocycles. The number of nitrogens with zero attached hydrogens (tertiary/aromatic N) is 5. The van der Waals surface area contributed by atoms with Crippen LogP contribution in [0.2, 0.25) is 0 Å². The monoisotopic (exact) mass is 460 g/mol. The third-order valence-electron chi connectivity index (χ3n) is 6.52. The molecular formula is C23H24F4N6. The minimum Gasteiger partial charge on any atom is -0.382 e. The third kappa shape index (κ3) is 4.14. The van der Waals surface area contributed by atoms with Crippen molar-refractivity contribution >= 4 is 11.5 Å². The van der Waals surface area contributed by atoms with Gasteiger partial charge in [0.25, 0.3) is 0 Å². The van der Waals surface area contributed by atoms with Gasteiger partial charge >= 0.3 is 6.18 Å². The Kier molecular flexibility index (Phi) is 5.46. The molecule has 0 radical (unpaired) electrons. The van der Waals surface area contributed by atoms with E-state index in [2.05, 4.69) is 25.5 Å². The van der Waals surface area contributed by atoms with Crippen molar-refractivity contribution in [1.82, 2.24) is 20.0 Å². The van der Waals surface area contributed by atoms with Crippen LogP contribution in [0.3, 0.4) is 0 Å². The smallest absolute Gasteiger partial charge is 0.382 e. The van der Waals surface area contributed by atoms with Gasteiger partial charge < -0.3 is 10.2 Å². The van der Waals surface area contributed by atoms with E-state index in [1.807, 2.05) is 13.1 Å². The maximum Gasteiger partial charge on any atom is 0.418 e. The molecule has 5 rings (SSSR count). The summed E-state index contributed by atoms with van der Waals surface area (Å²) in [6.07, 6.45) is 1.35. The molecule has 10 heteroatoms. The molecule has 0 spiro atoms. The van der Waals surface area contributed by atoms with Crippen LogP contribution in [-0.4, -0.2) is 39.1 Å². The average Bonchev–Trinajstić information content (AvgIpc) is 3.44. The molecule has 2 aliphatic rings. The van der Waals surface area contributed by atoms with Crippen LogP contribution in [0.25, 0.3) is 11.4 Å². The Hall–Kier alpha value is -3.17. The number of rotatable bonds is 4. The zero-order chi connectivity index (χ0) is 23.2. The molecule has 0 atom stereocenters. The first kappa shape index (κ1) is 21.7. The van der Waals surface area contributed by atoms with Gasteiger partial charge in [-0.15, -0.1) is 10.2 Å². The molecule has 3 aromatic rings. The number of hydrogen-bond donors (Lipinski definition) is 1. The van der Waals surface area contributed by atoms with Crippen LogP contribution in [0, 0.1) is 5.82 Å². The van der Waals surface area contributed by atoms with Gasteiger partial charge in [-0.25, -0.2) is 4.39 Å². The van der Waals surface area contributed by atoms with E-state index >= 15 is 0 Å². The number of anilines is 2. The van der Waals surface area contributed by atoms with Gasteiger partial charge in [-0.1, -0.05) is 0 Å². The second-order valence-corrected chi connectivity index (χ2v) is 8.62. The number of fused-ring (bicyclic) bond motifs is 1. The number of nitrogens with one attached hydrogen (secondary N) is 1. The third-order valence-corrected chi connectivity index (χ3v) is 6.52. The molecule has 174 valence electrons. The summed E-state index contributed by atoms with van der Waals surface area (Å²) in [5, 5.41) is 16.3. The fourth-order valence-corrected chi connectivity index (χ4v) is 4.87. The maximum atomic E-state index is 13.4.